The molecule has 0 aliphatic heterocycles. The highest BCUT2D eigenvalue weighted by molar-refractivity contribution is 5.97. The maximum absolute atomic E-state index is 13.7. The van der Waals surface area contributed by atoms with Crippen LogP contribution in [-0.2, 0) is 6.54 Å². The summed E-state index contributed by atoms with van der Waals surface area (Å²) in [6.07, 6.45) is 2.34. The molecule has 1 unspecified atom stereocenters. The Morgan fingerprint density at radius 2 is 2.12 bits per heavy atom. The number of halogens is 1. The molecule has 1 aromatic heterocycles. The molecule has 0 saturated carbocycles. The molecule has 1 heterocycles. The molecule has 0 saturated heterocycles. The first-order chi connectivity index (χ1) is 12.0. The Kier molecular flexibility index (Phi) is 6.04. The van der Waals surface area contributed by atoms with Crippen molar-refractivity contribution >= 4 is 17.6 Å². The number of amides is 3. The van der Waals surface area contributed by atoms with Gasteiger partial charge in [-0.25, -0.2) is 18.9 Å². The van der Waals surface area contributed by atoms with Crippen molar-refractivity contribution in [3.63, 3.8) is 0 Å². The van der Waals surface area contributed by atoms with Crippen LogP contribution in [0.2, 0.25) is 0 Å². The van der Waals surface area contributed by atoms with Crippen molar-refractivity contribution in [1.82, 2.24) is 25.4 Å². The Morgan fingerprint density at radius 1 is 1.36 bits per heavy atom. The molecular formula is C16H21FN6O2. The molecule has 1 aromatic carbocycles. The standard InChI is InChI=1S/C16H21FN6O2/c1-4-7-23-14(19-9-20-23)10(2)21-16(25)22-11-5-6-13(17)12(8-11)15(24)18-3/h5-6,8-10H,4,7H2,1-3H3,(H,18,24)(H2,21,22,25). The molecular weight excluding hydrogens is 327 g/mol. The summed E-state index contributed by atoms with van der Waals surface area (Å²) in [5, 5.41) is 11.8. The van der Waals surface area contributed by atoms with Crippen molar-refractivity contribution < 1.29 is 14.0 Å². The summed E-state index contributed by atoms with van der Waals surface area (Å²) in [5.41, 5.74) is 0.163. The van der Waals surface area contributed by atoms with E-state index in [9.17, 15) is 14.0 Å². The number of aromatic nitrogens is 3. The molecule has 1 atom stereocenters. The number of nitrogens with zero attached hydrogens (tertiary/aromatic N) is 3. The van der Waals surface area contributed by atoms with Crippen LogP contribution in [-0.4, -0.2) is 33.8 Å². The molecule has 0 bridgehead atoms. The zero-order valence-corrected chi connectivity index (χ0v) is 14.3. The lowest BCUT2D eigenvalue weighted by Crippen LogP contribution is -2.33. The smallest absolute Gasteiger partial charge is 0.319 e. The van der Waals surface area contributed by atoms with Gasteiger partial charge in [0.1, 0.15) is 18.0 Å². The van der Waals surface area contributed by atoms with Gasteiger partial charge in [-0.15, -0.1) is 0 Å². The molecule has 134 valence electrons. The van der Waals surface area contributed by atoms with E-state index in [0.29, 0.717) is 18.1 Å². The minimum absolute atomic E-state index is 0.143. The second kappa shape index (κ2) is 8.22. The molecule has 0 spiro atoms. The van der Waals surface area contributed by atoms with Crippen LogP contribution >= 0.6 is 0 Å². The zero-order chi connectivity index (χ0) is 18.4. The van der Waals surface area contributed by atoms with Crippen LogP contribution in [0.3, 0.4) is 0 Å². The average molecular weight is 348 g/mol. The summed E-state index contributed by atoms with van der Waals surface area (Å²) < 4.78 is 15.4. The fourth-order valence-electron chi connectivity index (χ4n) is 2.33. The predicted molar refractivity (Wildman–Crippen MR) is 90.7 cm³/mol. The van der Waals surface area contributed by atoms with Crippen LogP contribution in [0.1, 0.15) is 42.5 Å². The normalized spacial score (nSPS) is 11.7. The Balaban J connectivity index is 2.05. The molecule has 0 aliphatic rings. The van der Waals surface area contributed by atoms with Crippen LogP contribution in [0.25, 0.3) is 0 Å². The summed E-state index contributed by atoms with van der Waals surface area (Å²) in [4.78, 5) is 27.9. The van der Waals surface area contributed by atoms with E-state index in [4.69, 9.17) is 0 Å². The monoisotopic (exact) mass is 348 g/mol. The van der Waals surface area contributed by atoms with Gasteiger partial charge in [0.15, 0.2) is 0 Å². The Hall–Kier alpha value is -2.97. The number of carbonyl (C=O) groups is 2. The number of aryl methyl sites for hydroxylation is 1. The van der Waals surface area contributed by atoms with E-state index in [1.807, 2.05) is 6.92 Å². The number of hydrogen-bond acceptors (Lipinski definition) is 4. The maximum Gasteiger partial charge on any atom is 0.319 e. The van der Waals surface area contributed by atoms with E-state index in [1.165, 1.54) is 25.5 Å². The van der Waals surface area contributed by atoms with Crippen LogP contribution in [0, 0.1) is 5.82 Å². The second-order valence-corrected chi connectivity index (χ2v) is 5.44. The summed E-state index contributed by atoms with van der Waals surface area (Å²) in [6, 6.07) is 2.92. The maximum atomic E-state index is 13.7. The first-order valence-electron chi connectivity index (χ1n) is 7.93. The highest BCUT2D eigenvalue weighted by Gasteiger charge is 2.16. The minimum Gasteiger partial charge on any atom is -0.355 e. The SMILES string of the molecule is CCCn1ncnc1C(C)NC(=O)Nc1ccc(F)c(C(=O)NC)c1. The number of benzene rings is 1. The fourth-order valence-corrected chi connectivity index (χ4v) is 2.33. The third-order valence-electron chi connectivity index (χ3n) is 3.51. The van der Waals surface area contributed by atoms with Crippen LogP contribution in [0.4, 0.5) is 14.9 Å². The fraction of sp³-hybridized carbons (Fsp3) is 0.375. The molecule has 25 heavy (non-hydrogen) atoms. The number of anilines is 1. The average Bonchev–Trinajstić information content (AvgIpc) is 3.04. The Bertz CT molecular complexity index is 761. The van der Waals surface area contributed by atoms with E-state index in [-0.39, 0.29) is 11.6 Å². The van der Waals surface area contributed by atoms with E-state index in [0.717, 1.165) is 12.5 Å². The van der Waals surface area contributed by atoms with Gasteiger partial charge < -0.3 is 16.0 Å². The number of nitrogens with one attached hydrogen (secondary N) is 3. The van der Waals surface area contributed by atoms with Gasteiger partial charge in [0, 0.05) is 19.3 Å². The third kappa shape index (κ3) is 4.52. The molecule has 2 rings (SSSR count). The zero-order valence-electron chi connectivity index (χ0n) is 14.3. The lowest BCUT2D eigenvalue weighted by Gasteiger charge is -2.15. The molecule has 2 aromatic rings. The van der Waals surface area contributed by atoms with Crippen molar-refractivity contribution in [3.8, 4) is 0 Å². The molecule has 0 radical (unpaired) electrons. The Morgan fingerprint density at radius 3 is 2.80 bits per heavy atom. The molecule has 0 aliphatic carbocycles. The first kappa shape index (κ1) is 18.4. The third-order valence-corrected chi connectivity index (χ3v) is 3.51. The van der Waals surface area contributed by atoms with Crippen molar-refractivity contribution in [2.75, 3.05) is 12.4 Å². The molecule has 3 amide bonds. The van der Waals surface area contributed by atoms with Gasteiger partial charge in [-0.1, -0.05) is 6.92 Å². The minimum atomic E-state index is -0.661. The van der Waals surface area contributed by atoms with Gasteiger partial charge >= 0.3 is 6.03 Å². The van der Waals surface area contributed by atoms with E-state index >= 15 is 0 Å². The van der Waals surface area contributed by atoms with E-state index in [2.05, 4.69) is 26.0 Å². The van der Waals surface area contributed by atoms with E-state index in [1.54, 1.807) is 11.6 Å². The van der Waals surface area contributed by atoms with Gasteiger partial charge in [0.05, 0.1) is 11.6 Å². The number of rotatable bonds is 6. The second-order valence-electron chi connectivity index (χ2n) is 5.44. The van der Waals surface area contributed by atoms with Crippen LogP contribution in [0.15, 0.2) is 24.5 Å². The molecule has 9 heteroatoms. The van der Waals surface area contributed by atoms with Crippen molar-refractivity contribution in [2.45, 2.75) is 32.9 Å². The van der Waals surface area contributed by atoms with Gasteiger partial charge in [-0.2, -0.15) is 5.10 Å². The van der Waals surface area contributed by atoms with Crippen LogP contribution in [0.5, 0.6) is 0 Å². The van der Waals surface area contributed by atoms with Gasteiger partial charge in [-0.3, -0.25) is 4.79 Å². The molecule has 0 fully saturated rings. The van der Waals surface area contributed by atoms with Gasteiger partial charge in [0.2, 0.25) is 0 Å². The summed E-state index contributed by atoms with van der Waals surface area (Å²) in [6.45, 7) is 4.52. The number of urea groups is 1. The first-order valence-corrected chi connectivity index (χ1v) is 7.93. The largest absolute Gasteiger partial charge is 0.355 e. The van der Waals surface area contributed by atoms with Crippen LogP contribution < -0.4 is 16.0 Å². The van der Waals surface area contributed by atoms with Gasteiger partial charge in [-0.05, 0) is 31.5 Å². The lowest BCUT2D eigenvalue weighted by atomic mass is 10.1. The molecule has 3 N–H and O–H groups in total. The summed E-state index contributed by atoms with van der Waals surface area (Å²) in [5.74, 6) is -0.587. The number of carbonyl (C=O) groups excluding carboxylic acids is 2. The van der Waals surface area contributed by atoms with Crippen molar-refractivity contribution in [1.29, 1.82) is 0 Å². The van der Waals surface area contributed by atoms with Gasteiger partial charge in [0.25, 0.3) is 5.91 Å². The molecule has 8 nitrogen and oxygen atoms in total. The number of hydrogen-bond donors (Lipinski definition) is 3. The van der Waals surface area contributed by atoms with E-state index < -0.39 is 17.8 Å². The quantitative estimate of drug-likeness (QED) is 0.744. The topological polar surface area (TPSA) is 101 Å². The highest BCUT2D eigenvalue weighted by atomic mass is 19.1. The predicted octanol–water partition coefficient (Wildman–Crippen LogP) is 2.07. The summed E-state index contributed by atoms with van der Waals surface area (Å²) in [7, 11) is 1.41. The van der Waals surface area contributed by atoms with Crippen molar-refractivity contribution in [2.24, 2.45) is 0 Å². The highest BCUT2D eigenvalue weighted by Crippen LogP contribution is 2.15. The lowest BCUT2D eigenvalue weighted by molar-refractivity contribution is 0.0959. The van der Waals surface area contributed by atoms with Crippen molar-refractivity contribution in [3.05, 3.63) is 41.7 Å². The Labute approximate surface area is 144 Å². The summed E-state index contributed by atoms with van der Waals surface area (Å²) >= 11 is 0.